The maximum Gasteiger partial charge on any atom is 0.238 e. The largest absolute Gasteiger partial charge is 0.481 e. The van der Waals surface area contributed by atoms with Crippen molar-refractivity contribution in [2.45, 2.75) is 12.8 Å². The normalized spacial score (nSPS) is 14.4. The molecule has 1 amide bonds. The lowest BCUT2D eigenvalue weighted by atomic mass is 10.4. The van der Waals surface area contributed by atoms with E-state index in [0.29, 0.717) is 18.1 Å². The second kappa shape index (κ2) is 5.63. The molecule has 92 valence electrons. The number of nitrogens with zero attached hydrogens (tertiary/aromatic N) is 1. The van der Waals surface area contributed by atoms with Gasteiger partial charge in [0, 0.05) is 6.07 Å². The van der Waals surface area contributed by atoms with Crippen LogP contribution in [-0.4, -0.2) is 31.1 Å². The van der Waals surface area contributed by atoms with E-state index in [-0.39, 0.29) is 5.91 Å². The molecule has 1 fully saturated rings. The molecule has 1 aromatic heterocycles. The van der Waals surface area contributed by atoms with Gasteiger partial charge in [0.15, 0.2) is 0 Å². The molecule has 0 spiro atoms. The van der Waals surface area contributed by atoms with Gasteiger partial charge in [-0.05, 0) is 31.4 Å². The molecule has 5 heteroatoms. The Morgan fingerprint density at radius 2 is 2.35 bits per heavy atom. The Labute approximate surface area is 101 Å². The van der Waals surface area contributed by atoms with Gasteiger partial charge in [0.25, 0.3) is 0 Å². The number of methoxy groups -OCH3 is 1. The van der Waals surface area contributed by atoms with Crippen LogP contribution in [-0.2, 0) is 4.79 Å². The third-order valence-electron chi connectivity index (χ3n) is 2.64. The highest BCUT2D eigenvalue weighted by Crippen LogP contribution is 2.27. The summed E-state index contributed by atoms with van der Waals surface area (Å²) in [5.41, 5.74) is 0.684. The molecule has 2 rings (SSSR count). The van der Waals surface area contributed by atoms with Gasteiger partial charge in [-0.15, -0.1) is 0 Å². The standard InChI is InChI=1S/C12H17N3O2/c1-17-12-5-4-10(7-14-12)15-11(16)8-13-6-9-2-3-9/h4-5,7,9,13H,2-3,6,8H2,1H3,(H,15,16). The Kier molecular flexibility index (Phi) is 3.93. The summed E-state index contributed by atoms with van der Waals surface area (Å²) in [5.74, 6) is 1.28. The average molecular weight is 235 g/mol. The molecule has 0 saturated heterocycles. The summed E-state index contributed by atoms with van der Waals surface area (Å²) in [6, 6.07) is 3.48. The van der Waals surface area contributed by atoms with Crippen LogP contribution in [0.25, 0.3) is 0 Å². The van der Waals surface area contributed by atoms with Crippen LogP contribution in [0.4, 0.5) is 5.69 Å². The molecule has 0 atom stereocenters. The maximum atomic E-state index is 11.5. The van der Waals surface area contributed by atoms with Crippen molar-refractivity contribution in [3.05, 3.63) is 18.3 Å². The van der Waals surface area contributed by atoms with E-state index in [4.69, 9.17) is 4.74 Å². The van der Waals surface area contributed by atoms with Gasteiger partial charge in [-0.1, -0.05) is 0 Å². The molecule has 1 aliphatic carbocycles. The van der Waals surface area contributed by atoms with Crippen molar-refractivity contribution < 1.29 is 9.53 Å². The molecular formula is C12H17N3O2. The zero-order chi connectivity index (χ0) is 12.1. The molecule has 1 aliphatic rings. The highest BCUT2D eigenvalue weighted by atomic mass is 16.5. The zero-order valence-electron chi connectivity index (χ0n) is 9.90. The number of nitrogens with one attached hydrogen (secondary N) is 2. The van der Waals surface area contributed by atoms with Gasteiger partial charge in [0.2, 0.25) is 11.8 Å². The van der Waals surface area contributed by atoms with Crippen molar-refractivity contribution in [3.8, 4) is 5.88 Å². The Balaban J connectivity index is 1.72. The first-order chi connectivity index (χ1) is 8.28. The summed E-state index contributed by atoms with van der Waals surface area (Å²) in [6.45, 7) is 1.29. The van der Waals surface area contributed by atoms with Crippen LogP contribution in [0.5, 0.6) is 5.88 Å². The number of anilines is 1. The van der Waals surface area contributed by atoms with E-state index in [1.165, 1.54) is 12.8 Å². The molecule has 2 N–H and O–H groups in total. The van der Waals surface area contributed by atoms with Crippen LogP contribution in [0.15, 0.2) is 18.3 Å². The molecule has 17 heavy (non-hydrogen) atoms. The van der Waals surface area contributed by atoms with Crippen molar-refractivity contribution in [2.24, 2.45) is 5.92 Å². The van der Waals surface area contributed by atoms with Gasteiger partial charge < -0.3 is 15.4 Å². The smallest absolute Gasteiger partial charge is 0.238 e. The molecule has 0 bridgehead atoms. The third-order valence-corrected chi connectivity index (χ3v) is 2.64. The highest BCUT2D eigenvalue weighted by molar-refractivity contribution is 5.92. The van der Waals surface area contributed by atoms with Gasteiger partial charge in [0.05, 0.1) is 25.5 Å². The van der Waals surface area contributed by atoms with Crippen molar-refractivity contribution >= 4 is 11.6 Å². The number of carbonyl (C=O) groups excluding carboxylic acids is 1. The number of hydrogen-bond donors (Lipinski definition) is 2. The van der Waals surface area contributed by atoms with Gasteiger partial charge in [-0.25, -0.2) is 4.98 Å². The Morgan fingerprint density at radius 3 is 2.94 bits per heavy atom. The van der Waals surface area contributed by atoms with Crippen LogP contribution < -0.4 is 15.4 Å². The van der Waals surface area contributed by atoms with Crippen LogP contribution in [0.3, 0.4) is 0 Å². The summed E-state index contributed by atoms with van der Waals surface area (Å²) in [7, 11) is 1.56. The minimum atomic E-state index is -0.0439. The number of ether oxygens (including phenoxy) is 1. The van der Waals surface area contributed by atoms with Crippen molar-refractivity contribution in [3.63, 3.8) is 0 Å². The van der Waals surface area contributed by atoms with Crippen molar-refractivity contribution in [2.75, 3.05) is 25.5 Å². The number of rotatable bonds is 6. The lowest BCUT2D eigenvalue weighted by Gasteiger charge is -2.06. The van der Waals surface area contributed by atoms with Crippen LogP contribution in [0, 0.1) is 5.92 Å². The fourth-order valence-corrected chi connectivity index (χ4v) is 1.49. The second-order valence-electron chi connectivity index (χ2n) is 4.21. The molecule has 0 aliphatic heterocycles. The molecule has 0 aromatic carbocycles. The summed E-state index contributed by atoms with van der Waals surface area (Å²) in [4.78, 5) is 15.5. The fraction of sp³-hybridized carbons (Fsp3) is 0.500. The monoisotopic (exact) mass is 235 g/mol. The Hall–Kier alpha value is -1.62. The number of carbonyl (C=O) groups is 1. The fourth-order valence-electron chi connectivity index (χ4n) is 1.49. The second-order valence-corrected chi connectivity index (χ2v) is 4.21. The maximum absolute atomic E-state index is 11.5. The molecule has 0 unspecified atom stereocenters. The van der Waals surface area contributed by atoms with Crippen LogP contribution in [0.2, 0.25) is 0 Å². The number of amides is 1. The minimum absolute atomic E-state index is 0.0439. The lowest BCUT2D eigenvalue weighted by molar-refractivity contribution is -0.115. The topological polar surface area (TPSA) is 63.2 Å². The van der Waals surface area contributed by atoms with E-state index in [1.54, 1.807) is 25.4 Å². The van der Waals surface area contributed by atoms with E-state index in [0.717, 1.165) is 12.5 Å². The quantitative estimate of drug-likeness (QED) is 0.773. The average Bonchev–Trinajstić information content (AvgIpc) is 3.14. The molecule has 0 radical (unpaired) electrons. The molecule has 5 nitrogen and oxygen atoms in total. The van der Waals surface area contributed by atoms with E-state index in [9.17, 15) is 4.79 Å². The Morgan fingerprint density at radius 1 is 1.53 bits per heavy atom. The number of aromatic nitrogens is 1. The van der Waals surface area contributed by atoms with Gasteiger partial charge in [-0.3, -0.25) is 4.79 Å². The van der Waals surface area contributed by atoms with E-state index >= 15 is 0 Å². The predicted molar refractivity (Wildman–Crippen MR) is 65.0 cm³/mol. The minimum Gasteiger partial charge on any atom is -0.481 e. The lowest BCUT2D eigenvalue weighted by Crippen LogP contribution is -2.29. The number of hydrogen-bond acceptors (Lipinski definition) is 4. The highest BCUT2D eigenvalue weighted by Gasteiger charge is 2.20. The predicted octanol–water partition coefficient (Wildman–Crippen LogP) is 1.03. The molecule has 1 saturated carbocycles. The van der Waals surface area contributed by atoms with Gasteiger partial charge >= 0.3 is 0 Å². The summed E-state index contributed by atoms with van der Waals surface area (Å²) >= 11 is 0. The first-order valence-corrected chi connectivity index (χ1v) is 5.78. The first kappa shape index (κ1) is 11.9. The summed E-state index contributed by atoms with van der Waals surface area (Å²) in [5, 5.41) is 5.90. The summed E-state index contributed by atoms with van der Waals surface area (Å²) < 4.78 is 4.94. The SMILES string of the molecule is COc1ccc(NC(=O)CNCC2CC2)cn1. The summed E-state index contributed by atoms with van der Waals surface area (Å²) in [6.07, 6.45) is 4.16. The molecule has 1 heterocycles. The van der Waals surface area contributed by atoms with Crippen LogP contribution >= 0.6 is 0 Å². The first-order valence-electron chi connectivity index (χ1n) is 5.78. The third kappa shape index (κ3) is 4.03. The Bertz CT molecular complexity index is 374. The van der Waals surface area contributed by atoms with E-state index in [2.05, 4.69) is 15.6 Å². The molecule has 1 aromatic rings. The van der Waals surface area contributed by atoms with E-state index in [1.807, 2.05) is 0 Å². The zero-order valence-corrected chi connectivity index (χ0v) is 9.90. The number of pyridine rings is 1. The van der Waals surface area contributed by atoms with E-state index < -0.39 is 0 Å². The van der Waals surface area contributed by atoms with Crippen molar-refractivity contribution in [1.82, 2.24) is 10.3 Å². The van der Waals surface area contributed by atoms with Gasteiger partial charge in [0.1, 0.15) is 0 Å². The van der Waals surface area contributed by atoms with Crippen molar-refractivity contribution in [1.29, 1.82) is 0 Å². The van der Waals surface area contributed by atoms with Gasteiger partial charge in [-0.2, -0.15) is 0 Å². The molecular weight excluding hydrogens is 218 g/mol. The van der Waals surface area contributed by atoms with Crippen LogP contribution in [0.1, 0.15) is 12.8 Å².